The molecule has 2 rings (SSSR count). The molecule has 5 nitrogen and oxygen atoms in total. The molecule has 0 bridgehead atoms. The van der Waals surface area contributed by atoms with Crippen LogP contribution in [0.15, 0.2) is 40.3 Å². The number of amides is 1. The van der Waals surface area contributed by atoms with Crippen molar-refractivity contribution in [3.8, 4) is 0 Å². The number of carbonyl (C=O) groups excluding carboxylic acids is 1. The lowest BCUT2D eigenvalue weighted by atomic mass is 10.1. The molecule has 26 heavy (non-hydrogen) atoms. The van der Waals surface area contributed by atoms with Crippen molar-refractivity contribution in [1.29, 1.82) is 0 Å². The highest BCUT2D eigenvalue weighted by Gasteiger charge is 2.16. The van der Waals surface area contributed by atoms with Crippen LogP contribution in [-0.2, 0) is 17.0 Å². The van der Waals surface area contributed by atoms with E-state index in [0.717, 1.165) is 30.0 Å². The highest BCUT2D eigenvalue weighted by Crippen LogP contribution is 2.21. The van der Waals surface area contributed by atoms with Crippen LogP contribution in [0.5, 0.6) is 0 Å². The molecule has 140 valence electrons. The van der Waals surface area contributed by atoms with E-state index in [1.165, 1.54) is 23.4 Å². The third kappa shape index (κ3) is 6.53. The number of aryl methyl sites for hydroxylation is 1. The fourth-order valence-corrected chi connectivity index (χ4v) is 3.84. The first-order valence-corrected chi connectivity index (χ1v) is 10.8. The highest BCUT2D eigenvalue weighted by molar-refractivity contribution is 8.00. The third-order valence-corrected chi connectivity index (χ3v) is 5.84. The van der Waals surface area contributed by atoms with Crippen LogP contribution in [0.1, 0.15) is 38.4 Å². The van der Waals surface area contributed by atoms with Crippen molar-refractivity contribution in [2.45, 2.75) is 49.8 Å². The molecule has 0 spiro atoms. The van der Waals surface area contributed by atoms with E-state index in [2.05, 4.69) is 29.1 Å². The highest BCUT2D eigenvalue weighted by atomic mass is 32.2. The van der Waals surface area contributed by atoms with Gasteiger partial charge in [-0.05, 0) is 43.2 Å². The number of nitrogens with zero attached hydrogens (tertiary/aromatic N) is 1. The van der Waals surface area contributed by atoms with Crippen molar-refractivity contribution in [1.82, 2.24) is 9.97 Å². The SMILES string of the molecule is CCCSCc1cc(=O)[nH]c(SC(C)C(=O)Nc2ccc(CC)cc2)n1. The van der Waals surface area contributed by atoms with E-state index in [4.69, 9.17) is 0 Å². The van der Waals surface area contributed by atoms with Gasteiger partial charge in [-0.15, -0.1) is 0 Å². The molecule has 1 amide bonds. The second-order valence-corrected chi connectivity index (χ2v) is 8.33. The summed E-state index contributed by atoms with van der Waals surface area (Å²) in [5, 5.41) is 3.01. The third-order valence-electron chi connectivity index (χ3n) is 3.66. The van der Waals surface area contributed by atoms with Crippen LogP contribution in [0.25, 0.3) is 0 Å². The second-order valence-electron chi connectivity index (χ2n) is 5.89. The zero-order valence-corrected chi connectivity index (χ0v) is 17.0. The van der Waals surface area contributed by atoms with Gasteiger partial charge in [0.2, 0.25) is 5.91 Å². The minimum Gasteiger partial charge on any atom is -0.325 e. The Labute approximate surface area is 162 Å². The van der Waals surface area contributed by atoms with Gasteiger partial charge in [-0.3, -0.25) is 9.59 Å². The van der Waals surface area contributed by atoms with Gasteiger partial charge in [-0.2, -0.15) is 11.8 Å². The minimum absolute atomic E-state index is 0.118. The smallest absolute Gasteiger partial charge is 0.251 e. The molecule has 0 radical (unpaired) electrons. The van der Waals surface area contributed by atoms with Crippen molar-refractivity contribution in [2.75, 3.05) is 11.1 Å². The number of carbonyl (C=O) groups is 1. The number of H-pyrrole nitrogens is 1. The van der Waals surface area contributed by atoms with Crippen LogP contribution < -0.4 is 10.9 Å². The summed E-state index contributed by atoms with van der Waals surface area (Å²) in [7, 11) is 0. The summed E-state index contributed by atoms with van der Waals surface area (Å²) in [6.45, 7) is 6.02. The molecule has 0 aliphatic carbocycles. The van der Waals surface area contributed by atoms with Crippen molar-refractivity contribution < 1.29 is 4.79 Å². The number of hydrogen-bond donors (Lipinski definition) is 2. The molecule has 1 unspecified atom stereocenters. The van der Waals surface area contributed by atoms with Crippen LogP contribution >= 0.6 is 23.5 Å². The van der Waals surface area contributed by atoms with E-state index < -0.39 is 0 Å². The average molecular weight is 392 g/mol. The van der Waals surface area contributed by atoms with Gasteiger partial charge in [0, 0.05) is 17.5 Å². The summed E-state index contributed by atoms with van der Waals surface area (Å²) in [5.74, 6) is 1.62. The lowest BCUT2D eigenvalue weighted by Crippen LogP contribution is -2.23. The van der Waals surface area contributed by atoms with Crippen LogP contribution in [0, 0.1) is 0 Å². The van der Waals surface area contributed by atoms with E-state index in [-0.39, 0.29) is 16.7 Å². The number of aromatic amines is 1. The lowest BCUT2D eigenvalue weighted by Gasteiger charge is -2.12. The monoisotopic (exact) mass is 391 g/mol. The van der Waals surface area contributed by atoms with Crippen molar-refractivity contribution >= 4 is 35.1 Å². The lowest BCUT2D eigenvalue weighted by molar-refractivity contribution is -0.115. The molecular formula is C19H25N3O2S2. The number of thioether (sulfide) groups is 2. The summed E-state index contributed by atoms with van der Waals surface area (Å²) in [4.78, 5) is 31.4. The Kier molecular flexibility index (Phi) is 8.25. The fraction of sp³-hybridized carbons (Fsp3) is 0.421. The van der Waals surface area contributed by atoms with Crippen LogP contribution in [0.4, 0.5) is 5.69 Å². The predicted octanol–water partition coefficient (Wildman–Crippen LogP) is 4.09. The zero-order valence-electron chi connectivity index (χ0n) is 15.4. The van der Waals surface area contributed by atoms with Crippen LogP contribution in [-0.4, -0.2) is 26.9 Å². The van der Waals surface area contributed by atoms with Gasteiger partial charge in [0.25, 0.3) is 5.56 Å². The van der Waals surface area contributed by atoms with Crippen molar-refractivity contribution in [3.05, 3.63) is 51.9 Å². The first-order chi connectivity index (χ1) is 12.5. The van der Waals surface area contributed by atoms with E-state index in [1.807, 2.05) is 24.3 Å². The molecule has 2 aromatic rings. The number of hydrogen-bond acceptors (Lipinski definition) is 5. The molecule has 0 fully saturated rings. The standard InChI is InChI=1S/C19H25N3O2S2/c1-4-10-25-12-16-11-17(23)22-19(21-16)26-13(3)18(24)20-15-8-6-14(5-2)7-9-15/h6-9,11,13H,4-5,10,12H2,1-3H3,(H,20,24)(H,21,22,23). The van der Waals surface area contributed by atoms with E-state index in [1.54, 1.807) is 18.7 Å². The quantitative estimate of drug-likeness (QED) is 0.382. The van der Waals surface area contributed by atoms with Crippen LogP contribution in [0.2, 0.25) is 0 Å². The normalized spacial score (nSPS) is 12.0. The molecule has 1 aromatic carbocycles. The van der Waals surface area contributed by atoms with Gasteiger partial charge in [-0.25, -0.2) is 4.98 Å². The maximum Gasteiger partial charge on any atom is 0.251 e. The first-order valence-electron chi connectivity index (χ1n) is 8.76. The molecular weight excluding hydrogens is 366 g/mol. The minimum atomic E-state index is -0.373. The summed E-state index contributed by atoms with van der Waals surface area (Å²) in [6.07, 6.45) is 2.05. The Morgan fingerprint density at radius 2 is 2.00 bits per heavy atom. The molecule has 1 aromatic heterocycles. The largest absolute Gasteiger partial charge is 0.325 e. The molecule has 1 atom stereocenters. The van der Waals surface area contributed by atoms with Gasteiger partial charge in [-0.1, -0.05) is 37.7 Å². The number of nitrogens with one attached hydrogen (secondary N) is 2. The Bertz CT molecular complexity index is 775. The summed E-state index contributed by atoms with van der Waals surface area (Å²) in [5.41, 5.74) is 2.56. The molecule has 7 heteroatoms. The van der Waals surface area contributed by atoms with Crippen molar-refractivity contribution in [2.24, 2.45) is 0 Å². The first kappa shape index (κ1) is 20.6. The second kappa shape index (κ2) is 10.4. The molecule has 0 saturated carbocycles. The number of rotatable bonds is 9. The fourth-order valence-electron chi connectivity index (χ4n) is 2.22. The molecule has 2 N–H and O–H groups in total. The van der Waals surface area contributed by atoms with Gasteiger partial charge in [0.05, 0.1) is 10.9 Å². The van der Waals surface area contributed by atoms with Crippen molar-refractivity contribution in [3.63, 3.8) is 0 Å². The number of aromatic nitrogens is 2. The zero-order chi connectivity index (χ0) is 18.9. The van der Waals surface area contributed by atoms with E-state index in [9.17, 15) is 9.59 Å². The Morgan fingerprint density at radius 1 is 1.27 bits per heavy atom. The Hall–Kier alpha value is -1.73. The molecule has 0 aliphatic rings. The topological polar surface area (TPSA) is 74.8 Å². The average Bonchev–Trinajstić information content (AvgIpc) is 2.62. The van der Waals surface area contributed by atoms with Crippen LogP contribution in [0.3, 0.4) is 0 Å². The maximum atomic E-state index is 12.4. The summed E-state index contributed by atoms with van der Waals surface area (Å²) < 4.78 is 0. The van der Waals surface area contributed by atoms with E-state index >= 15 is 0 Å². The predicted molar refractivity (Wildman–Crippen MR) is 111 cm³/mol. The number of benzene rings is 1. The van der Waals surface area contributed by atoms with Gasteiger partial charge >= 0.3 is 0 Å². The Morgan fingerprint density at radius 3 is 2.65 bits per heavy atom. The molecule has 0 saturated heterocycles. The van der Waals surface area contributed by atoms with Gasteiger partial charge in [0.15, 0.2) is 5.16 Å². The molecule has 1 heterocycles. The Balaban J connectivity index is 1.97. The van der Waals surface area contributed by atoms with E-state index in [0.29, 0.717) is 10.9 Å². The number of anilines is 1. The maximum absolute atomic E-state index is 12.4. The summed E-state index contributed by atoms with van der Waals surface area (Å²) >= 11 is 3.01. The summed E-state index contributed by atoms with van der Waals surface area (Å²) in [6, 6.07) is 9.33. The molecule has 0 aliphatic heterocycles. The van der Waals surface area contributed by atoms with Gasteiger partial charge < -0.3 is 10.3 Å². The van der Waals surface area contributed by atoms with Gasteiger partial charge in [0.1, 0.15) is 0 Å².